The largest absolute Gasteiger partial charge is 0.453 e. The Hall–Kier alpha value is -2.99. The van der Waals surface area contributed by atoms with Crippen LogP contribution in [0.3, 0.4) is 0 Å². The highest BCUT2D eigenvalue weighted by atomic mass is 19.3. The van der Waals surface area contributed by atoms with Gasteiger partial charge >= 0.3 is 18.0 Å². The maximum Gasteiger partial charge on any atom is 0.408 e. The van der Waals surface area contributed by atoms with Crippen LogP contribution in [-0.2, 0) is 28.7 Å². The fraction of sp³-hybridized carbons (Fsp3) is 0.783. The van der Waals surface area contributed by atoms with E-state index in [1.807, 2.05) is 0 Å². The Morgan fingerprint density at radius 3 is 2.14 bits per heavy atom. The van der Waals surface area contributed by atoms with Gasteiger partial charge in [-0.3, -0.25) is 19.2 Å². The first-order valence-electron chi connectivity index (χ1n) is 12.0. The second kappa shape index (κ2) is 11.4. The van der Waals surface area contributed by atoms with Crippen molar-refractivity contribution in [3.63, 3.8) is 0 Å². The van der Waals surface area contributed by atoms with E-state index >= 15 is 0 Å². The maximum atomic E-state index is 15.0. The van der Waals surface area contributed by atoms with E-state index in [2.05, 4.69) is 16.0 Å². The molecule has 0 aromatic carbocycles. The van der Waals surface area contributed by atoms with Gasteiger partial charge in [-0.25, -0.2) is 4.79 Å². The minimum absolute atomic E-state index is 0.184. The molecule has 2 heterocycles. The number of carbonyl (C=O) groups is 5. The van der Waals surface area contributed by atoms with E-state index in [1.54, 1.807) is 34.6 Å². The van der Waals surface area contributed by atoms with Gasteiger partial charge in [0.05, 0.1) is 12.5 Å². The lowest BCUT2D eigenvalue weighted by Crippen LogP contribution is -2.59. The number of nitrogens with one attached hydrogen (secondary N) is 3. The Bertz CT molecular complexity index is 869. The molecule has 0 bridgehead atoms. The zero-order chi connectivity index (χ0) is 27.4. The summed E-state index contributed by atoms with van der Waals surface area (Å²) in [5.74, 6) is -8.37. The first-order valence-corrected chi connectivity index (χ1v) is 12.0. The van der Waals surface area contributed by atoms with Crippen molar-refractivity contribution in [3.8, 4) is 0 Å². The van der Waals surface area contributed by atoms with Crippen molar-refractivity contribution >= 4 is 29.8 Å². The second-order valence-corrected chi connectivity index (χ2v) is 10.5. The molecule has 0 saturated carbocycles. The van der Waals surface area contributed by atoms with Crippen LogP contribution in [0.1, 0.15) is 60.8 Å². The number of alkyl carbamates (subject to hydrolysis) is 1. The number of carbonyl (C=O) groups excluding carboxylic acids is 5. The third kappa shape index (κ3) is 7.50. The number of halogens is 2. The molecular formula is C23H36F2N4O7. The number of nitrogens with zero attached hydrogens (tertiary/aromatic N) is 1. The summed E-state index contributed by atoms with van der Waals surface area (Å²) in [5.41, 5.74) is -0.787. The minimum Gasteiger partial charge on any atom is -0.453 e. The van der Waals surface area contributed by atoms with Crippen molar-refractivity contribution in [1.29, 1.82) is 0 Å². The highest BCUT2D eigenvalue weighted by Gasteiger charge is 2.58. The molecule has 4 amide bonds. The topological polar surface area (TPSA) is 143 Å². The molecule has 2 rings (SSSR count). The zero-order valence-electron chi connectivity index (χ0n) is 21.5. The van der Waals surface area contributed by atoms with Crippen LogP contribution in [0.15, 0.2) is 0 Å². The van der Waals surface area contributed by atoms with Gasteiger partial charge in [0.2, 0.25) is 11.8 Å². The molecule has 204 valence electrons. The van der Waals surface area contributed by atoms with Gasteiger partial charge in [0, 0.05) is 13.1 Å². The van der Waals surface area contributed by atoms with Crippen LogP contribution < -0.4 is 16.0 Å². The van der Waals surface area contributed by atoms with Crippen molar-refractivity contribution in [3.05, 3.63) is 0 Å². The van der Waals surface area contributed by atoms with E-state index in [1.165, 1.54) is 6.92 Å². The summed E-state index contributed by atoms with van der Waals surface area (Å²) in [6, 6.07) is -3.72. The number of likely N-dealkylation sites (tertiary alicyclic amines) is 1. The molecule has 3 N–H and O–H groups in total. The monoisotopic (exact) mass is 518 g/mol. The van der Waals surface area contributed by atoms with Crippen molar-refractivity contribution < 1.29 is 42.2 Å². The van der Waals surface area contributed by atoms with Crippen LogP contribution in [0.5, 0.6) is 0 Å². The van der Waals surface area contributed by atoms with E-state index in [0.717, 1.165) is 4.90 Å². The molecule has 2 aliphatic rings. The van der Waals surface area contributed by atoms with Gasteiger partial charge in [-0.1, -0.05) is 13.8 Å². The molecule has 2 aliphatic heterocycles. The Morgan fingerprint density at radius 1 is 1.03 bits per heavy atom. The number of hydrogen-bond donors (Lipinski definition) is 3. The van der Waals surface area contributed by atoms with Gasteiger partial charge in [0.1, 0.15) is 17.7 Å². The maximum absolute atomic E-state index is 15.0. The molecule has 36 heavy (non-hydrogen) atoms. The van der Waals surface area contributed by atoms with Crippen LogP contribution in [0.2, 0.25) is 0 Å². The van der Waals surface area contributed by atoms with Gasteiger partial charge in [0.25, 0.3) is 5.91 Å². The highest BCUT2D eigenvalue weighted by molar-refractivity contribution is 5.92. The van der Waals surface area contributed by atoms with E-state index < -0.39 is 72.0 Å². The number of esters is 1. The molecule has 0 aromatic rings. The summed E-state index contributed by atoms with van der Waals surface area (Å²) >= 11 is 0. The summed E-state index contributed by atoms with van der Waals surface area (Å²) in [7, 11) is 0. The summed E-state index contributed by atoms with van der Waals surface area (Å²) in [6.45, 7) is 10.0. The Morgan fingerprint density at radius 2 is 1.61 bits per heavy atom. The normalized spacial score (nSPS) is 22.0. The van der Waals surface area contributed by atoms with Crippen molar-refractivity contribution in [2.75, 3.05) is 13.1 Å². The van der Waals surface area contributed by atoms with Crippen LogP contribution in [-0.4, -0.2) is 83.5 Å². The number of hydrogen-bond acceptors (Lipinski definition) is 7. The molecule has 11 nitrogen and oxygen atoms in total. The number of cyclic esters (lactones) is 1. The fourth-order valence-corrected chi connectivity index (χ4v) is 3.91. The van der Waals surface area contributed by atoms with Crippen LogP contribution in [0.4, 0.5) is 13.6 Å². The Labute approximate surface area is 209 Å². The molecule has 0 unspecified atom stereocenters. The van der Waals surface area contributed by atoms with Crippen LogP contribution in [0.25, 0.3) is 0 Å². The Balaban J connectivity index is 2.02. The van der Waals surface area contributed by atoms with Gasteiger partial charge < -0.3 is 30.3 Å². The SMILES string of the molecule is CC(C)[C@H](NC(=O)OC(C)(C)C)C(=O)N[C@@H](C)C(=O)N[C@H]1CC(=O)O[C@H]1C(F)(F)C(=O)N1CCCC1. The quantitative estimate of drug-likeness (QED) is 0.408. The third-order valence-electron chi connectivity index (χ3n) is 5.75. The number of amides is 4. The lowest BCUT2D eigenvalue weighted by molar-refractivity contribution is -0.181. The van der Waals surface area contributed by atoms with Gasteiger partial charge in [0.15, 0.2) is 6.10 Å². The van der Waals surface area contributed by atoms with Gasteiger partial charge in [-0.2, -0.15) is 8.78 Å². The molecule has 2 fully saturated rings. The molecule has 0 radical (unpaired) electrons. The van der Waals surface area contributed by atoms with Gasteiger partial charge in [-0.05, 0) is 46.5 Å². The van der Waals surface area contributed by atoms with E-state index in [9.17, 15) is 32.8 Å². The zero-order valence-corrected chi connectivity index (χ0v) is 21.5. The fourth-order valence-electron chi connectivity index (χ4n) is 3.91. The average Bonchev–Trinajstić information content (AvgIpc) is 3.39. The summed E-state index contributed by atoms with van der Waals surface area (Å²) < 4.78 is 39.8. The lowest BCUT2D eigenvalue weighted by atomic mass is 10.0. The lowest BCUT2D eigenvalue weighted by Gasteiger charge is -2.30. The van der Waals surface area contributed by atoms with Crippen LogP contribution in [0, 0.1) is 5.92 Å². The number of alkyl halides is 2. The molecule has 0 aliphatic carbocycles. The average molecular weight is 519 g/mol. The van der Waals surface area contributed by atoms with Gasteiger partial charge in [-0.15, -0.1) is 0 Å². The second-order valence-electron chi connectivity index (χ2n) is 10.5. The summed E-state index contributed by atoms with van der Waals surface area (Å²) in [4.78, 5) is 62.7. The van der Waals surface area contributed by atoms with Crippen molar-refractivity contribution in [2.45, 2.75) is 96.6 Å². The molecule has 4 atom stereocenters. The molecule has 2 saturated heterocycles. The predicted molar refractivity (Wildman–Crippen MR) is 123 cm³/mol. The van der Waals surface area contributed by atoms with E-state index in [-0.39, 0.29) is 19.0 Å². The Kier molecular flexibility index (Phi) is 9.24. The molecular weight excluding hydrogens is 482 g/mol. The van der Waals surface area contributed by atoms with Crippen LogP contribution >= 0.6 is 0 Å². The standard InChI is InChI=1S/C23H36F2N4O7/c1-12(2)16(28-21(34)36-22(4,5)6)19(32)26-13(3)18(31)27-14-11-15(30)35-17(14)23(24,25)20(33)29-9-7-8-10-29/h12-14,16-17H,7-11H2,1-6H3,(H,26,32)(H,27,31)(H,28,34)/t13-,14-,16-,17+/m0/s1. The minimum atomic E-state index is -4.03. The molecule has 0 aromatic heterocycles. The number of ether oxygens (including phenoxy) is 2. The number of rotatable bonds is 8. The van der Waals surface area contributed by atoms with E-state index in [0.29, 0.717) is 12.8 Å². The highest BCUT2D eigenvalue weighted by Crippen LogP contribution is 2.33. The molecule has 13 heteroatoms. The summed E-state index contributed by atoms with van der Waals surface area (Å²) in [6.07, 6.45) is -2.33. The first kappa shape index (κ1) is 29.2. The first-order chi connectivity index (χ1) is 16.5. The smallest absolute Gasteiger partial charge is 0.408 e. The summed E-state index contributed by atoms with van der Waals surface area (Å²) in [5, 5.41) is 7.17. The van der Waals surface area contributed by atoms with Crippen molar-refractivity contribution in [2.24, 2.45) is 5.92 Å². The third-order valence-corrected chi connectivity index (χ3v) is 5.75. The molecule has 0 spiro atoms. The van der Waals surface area contributed by atoms with Crippen molar-refractivity contribution in [1.82, 2.24) is 20.9 Å². The predicted octanol–water partition coefficient (Wildman–Crippen LogP) is 1.10. The van der Waals surface area contributed by atoms with E-state index in [4.69, 9.17) is 9.47 Å².